The number of urea groups is 1. The summed E-state index contributed by atoms with van der Waals surface area (Å²) < 4.78 is 0. The molecule has 0 aliphatic rings. The molecule has 20 heavy (non-hydrogen) atoms. The van der Waals surface area contributed by atoms with Crippen LogP contribution in [0.3, 0.4) is 0 Å². The van der Waals surface area contributed by atoms with Gasteiger partial charge in [-0.25, -0.2) is 4.79 Å². The van der Waals surface area contributed by atoms with E-state index in [0.717, 1.165) is 5.56 Å². The fourth-order valence-corrected chi connectivity index (χ4v) is 1.57. The first-order valence-corrected chi connectivity index (χ1v) is 6.42. The molecule has 6 heteroatoms. The van der Waals surface area contributed by atoms with Crippen LogP contribution in [0.15, 0.2) is 24.3 Å². The van der Waals surface area contributed by atoms with E-state index < -0.39 is 11.6 Å². The number of likely N-dealkylation sites (N-methyl/N-ethyl adjacent to an activating group) is 1. The Morgan fingerprint density at radius 1 is 1.20 bits per heavy atom. The van der Waals surface area contributed by atoms with Crippen LogP contribution in [0.25, 0.3) is 0 Å². The minimum absolute atomic E-state index is 0.0770. The number of rotatable bonds is 5. The second-order valence-electron chi connectivity index (χ2n) is 5.18. The van der Waals surface area contributed by atoms with Gasteiger partial charge in [-0.3, -0.25) is 4.79 Å². The Morgan fingerprint density at radius 2 is 1.75 bits per heavy atom. The standard InChI is InChI=1S/C14H22N4O2/c1-9(17-12(19)14(2,3)16-4)10-5-7-11(8-6-10)18-13(15)20/h5-9,16H,1-4H3,(H,17,19)(H3,15,18,20). The molecule has 1 unspecified atom stereocenters. The van der Waals surface area contributed by atoms with Gasteiger partial charge < -0.3 is 21.7 Å². The smallest absolute Gasteiger partial charge is 0.316 e. The summed E-state index contributed by atoms with van der Waals surface area (Å²) in [7, 11) is 1.74. The van der Waals surface area contributed by atoms with Crippen LogP contribution in [-0.2, 0) is 4.79 Å². The first-order valence-electron chi connectivity index (χ1n) is 6.42. The molecule has 0 fully saturated rings. The molecule has 1 aromatic carbocycles. The molecule has 0 aliphatic heterocycles. The molecule has 5 N–H and O–H groups in total. The summed E-state index contributed by atoms with van der Waals surface area (Å²) in [6.45, 7) is 5.53. The zero-order valence-electron chi connectivity index (χ0n) is 12.3. The highest BCUT2D eigenvalue weighted by Crippen LogP contribution is 2.17. The number of carbonyl (C=O) groups excluding carboxylic acids is 2. The Hall–Kier alpha value is -2.08. The fourth-order valence-electron chi connectivity index (χ4n) is 1.57. The second kappa shape index (κ2) is 6.38. The van der Waals surface area contributed by atoms with E-state index in [9.17, 15) is 9.59 Å². The van der Waals surface area contributed by atoms with E-state index in [1.165, 1.54) is 0 Å². The van der Waals surface area contributed by atoms with Crippen LogP contribution < -0.4 is 21.7 Å². The van der Waals surface area contributed by atoms with Gasteiger partial charge in [0, 0.05) is 5.69 Å². The summed E-state index contributed by atoms with van der Waals surface area (Å²) >= 11 is 0. The SMILES string of the molecule is CNC(C)(C)C(=O)NC(C)c1ccc(NC(N)=O)cc1. The van der Waals surface area contributed by atoms with Crippen molar-refractivity contribution in [2.75, 3.05) is 12.4 Å². The molecule has 1 aromatic rings. The average Bonchev–Trinajstić information content (AvgIpc) is 2.38. The maximum atomic E-state index is 12.0. The number of nitrogens with one attached hydrogen (secondary N) is 3. The summed E-state index contributed by atoms with van der Waals surface area (Å²) in [6, 6.07) is 6.43. The highest BCUT2D eigenvalue weighted by Gasteiger charge is 2.26. The lowest BCUT2D eigenvalue weighted by molar-refractivity contribution is -0.126. The van der Waals surface area contributed by atoms with E-state index in [-0.39, 0.29) is 11.9 Å². The van der Waals surface area contributed by atoms with E-state index in [2.05, 4.69) is 16.0 Å². The van der Waals surface area contributed by atoms with Crippen molar-refractivity contribution in [1.82, 2.24) is 10.6 Å². The topological polar surface area (TPSA) is 96.2 Å². The van der Waals surface area contributed by atoms with Crippen molar-refractivity contribution in [2.45, 2.75) is 32.4 Å². The molecule has 3 amide bonds. The first kappa shape index (κ1) is 16.0. The van der Waals surface area contributed by atoms with Crippen LogP contribution >= 0.6 is 0 Å². The Morgan fingerprint density at radius 3 is 2.20 bits per heavy atom. The Kier molecular flexibility index (Phi) is 5.10. The van der Waals surface area contributed by atoms with E-state index in [1.54, 1.807) is 19.2 Å². The Labute approximate surface area is 119 Å². The normalized spacial score (nSPS) is 12.6. The van der Waals surface area contributed by atoms with E-state index in [0.29, 0.717) is 5.69 Å². The minimum atomic E-state index is -0.623. The quantitative estimate of drug-likeness (QED) is 0.654. The third kappa shape index (κ3) is 4.24. The highest BCUT2D eigenvalue weighted by molar-refractivity contribution is 5.88. The number of carbonyl (C=O) groups is 2. The third-order valence-electron chi connectivity index (χ3n) is 3.22. The van der Waals surface area contributed by atoms with Gasteiger partial charge in [0.05, 0.1) is 11.6 Å². The maximum Gasteiger partial charge on any atom is 0.316 e. The number of amides is 3. The third-order valence-corrected chi connectivity index (χ3v) is 3.22. The number of anilines is 1. The van der Waals surface area contributed by atoms with Crippen LogP contribution in [0, 0.1) is 0 Å². The van der Waals surface area contributed by atoms with E-state index in [1.807, 2.05) is 32.9 Å². The maximum absolute atomic E-state index is 12.0. The molecule has 0 saturated heterocycles. The van der Waals surface area contributed by atoms with Crippen molar-refractivity contribution in [3.63, 3.8) is 0 Å². The van der Waals surface area contributed by atoms with Gasteiger partial charge in [0.1, 0.15) is 0 Å². The van der Waals surface area contributed by atoms with Gasteiger partial charge in [-0.15, -0.1) is 0 Å². The summed E-state index contributed by atoms with van der Waals surface area (Å²) in [5.41, 5.74) is 5.98. The summed E-state index contributed by atoms with van der Waals surface area (Å²) in [5.74, 6) is -0.0770. The first-order chi connectivity index (χ1) is 9.26. The van der Waals surface area contributed by atoms with Crippen molar-refractivity contribution in [2.24, 2.45) is 5.73 Å². The summed E-state index contributed by atoms with van der Waals surface area (Å²) in [4.78, 5) is 22.8. The lowest BCUT2D eigenvalue weighted by Gasteiger charge is -2.25. The predicted octanol–water partition coefficient (Wildman–Crippen LogP) is 1.35. The lowest BCUT2D eigenvalue weighted by Crippen LogP contribution is -2.51. The van der Waals surface area contributed by atoms with Gasteiger partial charge in [-0.2, -0.15) is 0 Å². The monoisotopic (exact) mass is 278 g/mol. The predicted molar refractivity (Wildman–Crippen MR) is 79.3 cm³/mol. The molecule has 0 radical (unpaired) electrons. The molecular weight excluding hydrogens is 256 g/mol. The Balaban J connectivity index is 2.71. The molecule has 0 aliphatic carbocycles. The lowest BCUT2D eigenvalue weighted by atomic mass is 10.0. The number of hydrogen-bond acceptors (Lipinski definition) is 3. The largest absolute Gasteiger partial charge is 0.351 e. The molecular formula is C14H22N4O2. The summed E-state index contributed by atoms with van der Waals surface area (Å²) in [6.07, 6.45) is 0. The average molecular weight is 278 g/mol. The molecule has 1 rings (SSSR count). The number of nitrogens with two attached hydrogens (primary N) is 1. The number of hydrogen-bond donors (Lipinski definition) is 4. The van der Waals surface area contributed by atoms with Crippen LogP contribution in [0.1, 0.15) is 32.4 Å². The summed E-state index contributed by atoms with van der Waals surface area (Å²) in [5, 5.41) is 8.38. The zero-order chi connectivity index (χ0) is 15.3. The van der Waals surface area contributed by atoms with Crippen LogP contribution in [0.5, 0.6) is 0 Å². The minimum Gasteiger partial charge on any atom is -0.351 e. The van der Waals surface area contributed by atoms with Crippen molar-refractivity contribution in [3.8, 4) is 0 Å². The van der Waals surface area contributed by atoms with Gasteiger partial charge in [0.2, 0.25) is 5.91 Å². The van der Waals surface area contributed by atoms with Gasteiger partial charge in [0.15, 0.2) is 0 Å². The molecule has 0 bridgehead atoms. The zero-order valence-corrected chi connectivity index (χ0v) is 12.3. The van der Waals surface area contributed by atoms with Crippen LogP contribution in [0.2, 0.25) is 0 Å². The molecule has 0 aromatic heterocycles. The van der Waals surface area contributed by atoms with Crippen molar-refractivity contribution in [1.29, 1.82) is 0 Å². The van der Waals surface area contributed by atoms with Crippen LogP contribution in [0.4, 0.5) is 10.5 Å². The molecule has 6 nitrogen and oxygen atoms in total. The molecule has 110 valence electrons. The molecule has 0 heterocycles. The molecule has 0 spiro atoms. The van der Waals surface area contributed by atoms with Crippen molar-refractivity contribution in [3.05, 3.63) is 29.8 Å². The van der Waals surface area contributed by atoms with Gasteiger partial charge >= 0.3 is 6.03 Å². The highest BCUT2D eigenvalue weighted by atomic mass is 16.2. The van der Waals surface area contributed by atoms with Crippen molar-refractivity contribution >= 4 is 17.6 Å². The number of primary amides is 1. The fraction of sp³-hybridized carbons (Fsp3) is 0.429. The van der Waals surface area contributed by atoms with Crippen molar-refractivity contribution < 1.29 is 9.59 Å². The van der Waals surface area contributed by atoms with Gasteiger partial charge in [-0.05, 0) is 45.5 Å². The van der Waals surface area contributed by atoms with Gasteiger partial charge in [0.25, 0.3) is 0 Å². The second-order valence-corrected chi connectivity index (χ2v) is 5.18. The van der Waals surface area contributed by atoms with E-state index >= 15 is 0 Å². The van der Waals surface area contributed by atoms with Gasteiger partial charge in [-0.1, -0.05) is 12.1 Å². The molecule has 0 saturated carbocycles. The number of benzene rings is 1. The molecule has 1 atom stereocenters. The van der Waals surface area contributed by atoms with Crippen LogP contribution in [-0.4, -0.2) is 24.5 Å². The van der Waals surface area contributed by atoms with E-state index in [4.69, 9.17) is 5.73 Å². The Bertz CT molecular complexity index is 482.